The van der Waals surface area contributed by atoms with Gasteiger partial charge in [0, 0.05) is 19.1 Å². The molecule has 0 aliphatic heterocycles. The maximum Gasteiger partial charge on any atom is 0.297 e. The summed E-state index contributed by atoms with van der Waals surface area (Å²) >= 11 is 0. The molecule has 5 nitrogen and oxygen atoms in total. The Bertz CT molecular complexity index is 785. The van der Waals surface area contributed by atoms with Crippen LogP contribution in [-0.2, 0) is 10.7 Å². The molecule has 2 atom stereocenters. The summed E-state index contributed by atoms with van der Waals surface area (Å²) < 4.78 is 45.3. The third-order valence-corrected chi connectivity index (χ3v) is 5.31. The van der Waals surface area contributed by atoms with Crippen molar-refractivity contribution in [3.05, 3.63) is 23.9 Å². The molecule has 0 N–H and O–H groups in total. The second-order valence-corrected chi connectivity index (χ2v) is 7.13. The van der Waals surface area contributed by atoms with E-state index in [2.05, 4.69) is 16.9 Å². The summed E-state index contributed by atoms with van der Waals surface area (Å²) in [6.45, 7) is 2.71. The summed E-state index contributed by atoms with van der Waals surface area (Å²) in [5.74, 6) is -1.70. The van der Waals surface area contributed by atoms with Crippen molar-refractivity contribution in [2.45, 2.75) is 38.5 Å². The molecule has 1 unspecified atom stereocenters. The highest BCUT2D eigenvalue weighted by Crippen LogP contribution is 2.37. The molecule has 1 heterocycles. The molecular weight excluding hydrogens is 354 g/mol. The Kier molecular flexibility index (Phi) is 6.09. The first-order chi connectivity index (χ1) is 12.9. The lowest BCUT2D eigenvalue weighted by Crippen LogP contribution is -2.21. The van der Waals surface area contributed by atoms with Crippen LogP contribution in [0.3, 0.4) is 0 Å². The van der Waals surface area contributed by atoms with Crippen LogP contribution in [-0.4, -0.2) is 37.4 Å². The number of aromatic nitrogens is 2. The van der Waals surface area contributed by atoms with Gasteiger partial charge in [0.05, 0.1) is 31.9 Å². The van der Waals surface area contributed by atoms with Gasteiger partial charge in [-0.1, -0.05) is 19.8 Å². The molecule has 3 rings (SSSR count). The van der Waals surface area contributed by atoms with E-state index in [0.29, 0.717) is 35.2 Å². The number of hydrogen-bond donors (Lipinski definition) is 0. The molecule has 0 saturated heterocycles. The van der Waals surface area contributed by atoms with Crippen molar-refractivity contribution >= 4 is 11.0 Å². The number of benzene rings is 1. The number of fused-ring (bicyclic) bond motifs is 1. The van der Waals surface area contributed by atoms with Crippen molar-refractivity contribution in [2.75, 3.05) is 27.4 Å². The molecule has 0 radical (unpaired) electrons. The molecule has 2 aromatic rings. The van der Waals surface area contributed by atoms with E-state index in [1.165, 1.54) is 27.1 Å². The van der Waals surface area contributed by atoms with Gasteiger partial charge in [-0.05, 0) is 30.4 Å². The number of alkyl halides is 2. The van der Waals surface area contributed by atoms with E-state index < -0.39 is 18.0 Å². The van der Waals surface area contributed by atoms with Gasteiger partial charge in [-0.15, -0.1) is 0 Å². The predicted octanol–water partition coefficient (Wildman–Crippen LogP) is 4.58. The lowest BCUT2D eigenvalue weighted by atomic mass is 9.99. The minimum atomic E-state index is -3.19. The van der Waals surface area contributed by atoms with Crippen LogP contribution in [0.1, 0.15) is 38.3 Å². The number of hydrogen-bond acceptors (Lipinski definition) is 5. The Hall–Kier alpha value is -2.02. The lowest BCUT2D eigenvalue weighted by molar-refractivity contribution is -0.0482. The van der Waals surface area contributed by atoms with Crippen LogP contribution in [0.25, 0.3) is 11.0 Å². The summed E-state index contributed by atoms with van der Waals surface area (Å²) in [5, 5.41) is 0. The molecule has 7 heteroatoms. The number of ether oxygens (including phenoxy) is 3. The Morgan fingerprint density at radius 3 is 2.59 bits per heavy atom. The maximum atomic E-state index is 14.8. The lowest BCUT2D eigenvalue weighted by Gasteiger charge is -2.20. The molecule has 0 spiro atoms. The minimum Gasteiger partial charge on any atom is -0.497 e. The van der Waals surface area contributed by atoms with Crippen molar-refractivity contribution in [3.8, 4) is 11.6 Å². The fraction of sp³-hybridized carbons (Fsp3) is 0.600. The Morgan fingerprint density at radius 1 is 1.11 bits per heavy atom. The molecule has 27 heavy (non-hydrogen) atoms. The highest BCUT2D eigenvalue weighted by Gasteiger charge is 2.38. The molecule has 1 saturated carbocycles. The van der Waals surface area contributed by atoms with Gasteiger partial charge in [-0.3, -0.25) is 0 Å². The van der Waals surface area contributed by atoms with Crippen LogP contribution in [0.15, 0.2) is 18.2 Å². The topological polar surface area (TPSA) is 53.5 Å². The van der Waals surface area contributed by atoms with Crippen molar-refractivity contribution < 1.29 is 23.0 Å². The highest BCUT2D eigenvalue weighted by molar-refractivity contribution is 5.76. The van der Waals surface area contributed by atoms with Crippen LogP contribution in [0.4, 0.5) is 8.78 Å². The largest absolute Gasteiger partial charge is 0.497 e. The first-order valence-electron chi connectivity index (χ1n) is 9.30. The molecule has 0 bridgehead atoms. The van der Waals surface area contributed by atoms with Gasteiger partial charge in [0.15, 0.2) is 5.69 Å². The average Bonchev–Trinajstić information content (AvgIpc) is 3.08. The molecule has 1 fully saturated rings. The Labute approximate surface area is 158 Å². The van der Waals surface area contributed by atoms with Gasteiger partial charge in [-0.25, -0.2) is 9.97 Å². The maximum absolute atomic E-state index is 14.8. The summed E-state index contributed by atoms with van der Waals surface area (Å²) in [4.78, 5) is 8.30. The second-order valence-electron chi connectivity index (χ2n) is 7.13. The average molecular weight is 380 g/mol. The van der Waals surface area contributed by atoms with Crippen LogP contribution in [0.5, 0.6) is 11.6 Å². The monoisotopic (exact) mass is 380 g/mol. The van der Waals surface area contributed by atoms with Gasteiger partial charge in [0.2, 0.25) is 5.88 Å². The zero-order chi connectivity index (χ0) is 19.4. The Morgan fingerprint density at radius 2 is 1.93 bits per heavy atom. The highest BCUT2D eigenvalue weighted by atomic mass is 19.3. The van der Waals surface area contributed by atoms with E-state index in [-0.39, 0.29) is 12.5 Å². The van der Waals surface area contributed by atoms with Crippen molar-refractivity contribution in [2.24, 2.45) is 11.8 Å². The quantitative estimate of drug-likeness (QED) is 0.628. The number of methoxy groups -OCH3 is 2. The smallest absolute Gasteiger partial charge is 0.297 e. The van der Waals surface area contributed by atoms with E-state index in [0.717, 1.165) is 6.42 Å². The van der Waals surface area contributed by atoms with Gasteiger partial charge in [-0.2, -0.15) is 8.78 Å². The van der Waals surface area contributed by atoms with Crippen LogP contribution < -0.4 is 9.47 Å². The van der Waals surface area contributed by atoms with E-state index in [1.807, 2.05) is 0 Å². The Balaban J connectivity index is 1.71. The standard InChI is InChI=1S/C20H26F2N2O3/c1-13-5-4-6-14(13)12-27-10-9-20(21,22)18-19(26-3)24-17-11-15(25-2)7-8-16(17)23-18/h7-8,11,13-14H,4-6,9-10,12H2,1-3H3/t13?,14-/m0/s1. The van der Waals surface area contributed by atoms with Crippen LogP contribution in [0, 0.1) is 11.8 Å². The fourth-order valence-electron chi connectivity index (χ4n) is 3.55. The first-order valence-corrected chi connectivity index (χ1v) is 9.30. The number of halogens is 2. The number of rotatable bonds is 8. The zero-order valence-corrected chi connectivity index (χ0v) is 16.0. The van der Waals surface area contributed by atoms with E-state index in [1.54, 1.807) is 18.2 Å². The van der Waals surface area contributed by atoms with E-state index in [9.17, 15) is 8.78 Å². The third-order valence-electron chi connectivity index (χ3n) is 5.31. The molecule has 1 aliphatic rings. The van der Waals surface area contributed by atoms with Crippen molar-refractivity contribution in [3.63, 3.8) is 0 Å². The van der Waals surface area contributed by atoms with Crippen LogP contribution >= 0.6 is 0 Å². The molecule has 1 aliphatic carbocycles. The second kappa shape index (κ2) is 8.33. The molecular formula is C20H26F2N2O3. The minimum absolute atomic E-state index is 0.0261. The summed E-state index contributed by atoms with van der Waals surface area (Å²) in [5.41, 5.74) is 0.352. The predicted molar refractivity (Wildman–Crippen MR) is 98.5 cm³/mol. The molecule has 1 aromatic carbocycles. The fourth-order valence-corrected chi connectivity index (χ4v) is 3.55. The summed E-state index contributed by atoms with van der Waals surface area (Å²) in [6, 6.07) is 4.91. The first kappa shape index (κ1) is 19.7. The zero-order valence-electron chi connectivity index (χ0n) is 16.0. The normalized spacial score (nSPS) is 20.2. The van der Waals surface area contributed by atoms with Gasteiger partial charge in [0.25, 0.3) is 5.92 Å². The van der Waals surface area contributed by atoms with Gasteiger partial charge >= 0.3 is 0 Å². The van der Waals surface area contributed by atoms with Crippen LogP contribution in [0.2, 0.25) is 0 Å². The van der Waals surface area contributed by atoms with Gasteiger partial charge in [0.1, 0.15) is 5.75 Å². The molecule has 148 valence electrons. The molecule has 1 aromatic heterocycles. The SMILES string of the molecule is COc1ccc2nc(C(F)(F)CCOC[C@@H]3CCCC3C)c(OC)nc2c1. The summed E-state index contributed by atoms with van der Waals surface area (Å²) in [7, 11) is 2.84. The third kappa shape index (κ3) is 4.46. The van der Waals surface area contributed by atoms with Crippen molar-refractivity contribution in [1.29, 1.82) is 0 Å². The summed E-state index contributed by atoms with van der Waals surface area (Å²) in [6.07, 6.45) is 3.05. The van der Waals surface area contributed by atoms with E-state index in [4.69, 9.17) is 14.2 Å². The van der Waals surface area contributed by atoms with Crippen molar-refractivity contribution in [1.82, 2.24) is 9.97 Å². The van der Waals surface area contributed by atoms with E-state index >= 15 is 0 Å². The molecule has 0 amide bonds. The van der Waals surface area contributed by atoms with Gasteiger partial charge < -0.3 is 14.2 Å². The number of nitrogens with zero attached hydrogens (tertiary/aromatic N) is 2.